The van der Waals surface area contributed by atoms with Crippen LogP contribution in [-0.2, 0) is 10.5 Å². The van der Waals surface area contributed by atoms with E-state index < -0.39 is 5.60 Å². The highest BCUT2D eigenvalue weighted by molar-refractivity contribution is 7.99. The van der Waals surface area contributed by atoms with Crippen LogP contribution in [0.15, 0.2) is 24.3 Å². The van der Waals surface area contributed by atoms with Gasteiger partial charge in [0.15, 0.2) is 0 Å². The van der Waals surface area contributed by atoms with Crippen molar-refractivity contribution in [3.63, 3.8) is 0 Å². The minimum atomic E-state index is -0.687. The summed E-state index contributed by atoms with van der Waals surface area (Å²) in [5.74, 6) is 1.09. The zero-order chi connectivity index (χ0) is 15.1. The minimum Gasteiger partial charge on any atom is -0.388 e. The van der Waals surface area contributed by atoms with Crippen molar-refractivity contribution in [2.75, 3.05) is 12.3 Å². The van der Waals surface area contributed by atoms with Crippen LogP contribution in [0, 0.1) is 11.3 Å². The molecule has 1 saturated carbocycles. The topological polar surface area (TPSA) is 73.1 Å². The average molecular weight is 304 g/mol. The summed E-state index contributed by atoms with van der Waals surface area (Å²) in [4.78, 5) is 11.7. The Morgan fingerprint density at radius 1 is 1.33 bits per heavy atom. The van der Waals surface area contributed by atoms with Crippen molar-refractivity contribution in [2.45, 2.75) is 37.0 Å². The number of aliphatic hydroxyl groups is 1. The summed E-state index contributed by atoms with van der Waals surface area (Å²) in [6.07, 6.45) is 3.65. The van der Waals surface area contributed by atoms with E-state index in [0.29, 0.717) is 17.9 Å². The van der Waals surface area contributed by atoms with Crippen LogP contribution in [0.25, 0.3) is 0 Å². The van der Waals surface area contributed by atoms with Crippen molar-refractivity contribution >= 4 is 17.7 Å². The summed E-state index contributed by atoms with van der Waals surface area (Å²) in [5.41, 5.74) is 1.06. The highest BCUT2D eigenvalue weighted by Gasteiger charge is 2.31. The average Bonchev–Trinajstić information content (AvgIpc) is 2.93. The molecule has 2 N–H and O–H groups in total. The van der Waals surface area contributed by atoms with Gasteiger partial charge in [-0.3, -0.25) is 4.79 Å². The maximum atomic E-state index is 11.7. The van der Waals surface area contributed by atoms with Gasteiger partial charge in [0.2, 0.25) is 5.91 Å². The normalized spacial score (nSPS) is 16.4. The van der Waals surface area contributed by atoms with Gasteiger partial charge in [-0.05, 0) is 30.5 Å². The first kappa shape index (κ1) is 15.9. The van der Waals surface area contributed by atoms with Crippen molar-refractivity contribution in [3.8, 4) is 6.07 Å². The Morgan fingerprint density at radius 2 is 2.00 bits per heavy atom. The molecule has 0 atom stereocenters. The van der Waals surface area contributed by atoms with Gasteiger partial charge >= 0.3 is 0 Å². The van der Waals surface area contributed by atoms with E-state index in [1.807, 2.05) is 12.1 Å². The number of rotatable bonds is 6. The molecule has 1 aromatic carbocycles. The largest absolute Gasteiger partial charge is 0.388 e. The Balaban J connectivity index is 1.65. The molecule has 1 aliphatic rings. The zero-order valence-corrected chi connectivity index (χ0v) is 12.8. The number of nitrogens with one attached hydrogen (secondary N) is 1. The summed E-state index contributed by atoms with van der Waals surface area (Å²) >= 11 is 1.53. The molecule has 0 saturated heterocycles. The van der Waals surface area contributed by atoms with E-state index in [9.17, 15) is 9.90 Å². The number of amides is 1. The maximum Gasteiger partial charge on any atom is 0.230 e. The second-order valence-electron chi connectivity index (χ2n) is 5.51. The highest BCUT2D eigenvalue weighted by Crippen LogP contribution is 2.28. The second kappa shape index (κ2) is 7.48. The molecule has 1 aliphatic carbocycles. The van der Waals surface area contributed by atoms with E-state index >= 15 is 0 Å². The first-order valence-corrected chi connectivity index (χ1v) is 8.33. The number of carbonyl (C=O) groups excluding carboxylic acids is 1. The number of hydrogen-bond donors (Lipinski definition) is 2. The van der Waals surface area contributed by atoms with Gasteiger partial charge in [0.1, 0.15) is 0 Å². The standard InChI is InChI=1S/C16H20N2O2S/c17-9-13-3-5-14(6-4-13)10-21-11-15(19)18-12-16(20)7-1-2-8-16/h3-6,20H,1-2,7-8,10-12H2,(H,18,19). The molecule has 0 aliphatic heterocycles. The Kier molecular flexibility index (Phi) is 5.66. The maximum absolute atomic E-state index is 11.7. The fourth-order valence-corrected chi connectivity index (χ4v) is 3.28. The van der Waals surface area contributed by atoms with Crippen molar-refractivity contribution < 1.29 is 9.90 Å². The smallest absolute Gasteiger partial charge is 0.230 e. The number of nitrogens with zero attached hydrogens (tertiary/aromatic N) is 1. The van der Waals surface area contributed by atoms with Crippen molar-refractivity contribution in [2.24, 2.45) is 0 Å². The first-order chi connectivity index (χ1) is 10.1. The molecule has 0 bridgehead atoms. The van der Waals surface area contributed by atoms with E-state index in [1.165, 1.54) is 11.8 Å². The Labute approximate surface area is 129 Å². The molecule has 0 unspecified atom stereocenters. The molecular formula is C16H20N2O2S. The Hall–Kier alpha value is -1.51. The van der Waals surface area contributed by atoms with Gasteiger partial charge in [-0.15, -0.1) is 11.8 Å². The third kappa shape index (κ3) is 5.07. The lowest BCUT2D eigenvalue weighted by atomic mass is 10.0. The summed E-state index contributed by atoms with van der Waals surface area (Å²) in [6.45, 7) is 0.364. The van der Waals surface area contributed by atoms with Crippen LogP contribution >= 0.6 is 11.8 Å². The van der Waals surface area contributed by atoms with E-state index in [0.717, 1.165) is 37.0 Å². The molecule has 1 aromatic rings. The fraction of sp³-hybridized carbons (Fsp3) is 0.500. The van der Waals surface area contributed by atoms with Crippen LogP contribution in [0.5, 0.6) is 0 Å². The SMILES string of the molecule is N#Cc1ccc(CSCC(=O)NCC2(O)CCCC2)cc1. The molecule has 1 fully saturated rings. The Morgan fingerprint density at radius 3 is 2.62 bits per heavy atom. The number of nitriles is 1. The molecule has 2 rings (SSSR count). The lowest BCUT2D eigenvalue weighted by Crippen LogP contribution is -2.41. The lowest BCUT2D eigenvalue weighted by molar-refractivity contribution is -0.119. The Bertz CT molecular complexity index is 516. The second-order valence-corrected chi connectivity index (χ2v) is 6.50. The van der Waals surface area contributed by atoms with E-state index in [1.54, 1.807) is 12.1 Å². The molecule has 5 heteroatoms. The highest BCUT2D eigenvalue weighted by atomic mass is 32.2. The van der Waals surface area contributed by atoms with E-state index in [2.05, 4.69) is 11.4 Å². The summed E-state index contributed by atoms with van der Waals surface area (Å²) in [5, 5.41) is 21.7. The lowest BCUT2D eigenvalue weighted by Gasteiger charge is -2.22. The van der Waals surface area contributed by atoms with Gasteiger partial charge in [0.25, 0.3) is 0 Å². The van der Waals surface area contributed by atoms with Crippen molar-refractivity contribution in [1.29, 1.82) is 5.26 Å². The van der Waals surface area contributed by atoms with Gasteiger partial charge < -0.3 is 10.4 Å². The van der Waals surface area contributed by atoms with Crippen LogP contribution in [0.1, 0.15) is 36.8 Å². The van der Waals surface area contributed by atoms with Crippen LogP contribution in [0.2, 0.25) is 0 Å². The predicted octanol–water partition coefficient (Wildman–Crippen LogP) is 2.21. The molecule has 0 radical (unpaired) electrons. The third-order valence-corrected chi connectivity index (χ3v) is 4.74. The van der Waals surface area contributed by atoms with E-state index in [-0.39, 0.29) is 5.91 Å². The van der Waals surface area contributed by atoms with Gasteiger partial charge in [-0.1, -0.05) is 25.0 Å². The molecule has 21 heavy (non-hydrogen) atoms. The summed E-state index contributed by atoms with van der Waals surface area (Å²) < 4.78 is 0. The first-order valence-electron chi connectivity index (χ1n) is 7.17. The van der Waals surface area contributed by atoms with Crippen LogP contribution in [0.4, 0.5) is 0 Å². The summed E-state index contributed by atoms with van der Waals surface area (Å²) in [6, 6.07) is 9.46. The van der Waals surface area contributed by atoms with Gasteiger partial charge in [-0.2, -0.15) is 5.26 Å². The van der Waals surface area contributed by atoms with Crippen molar-refractivity contribution in [1.82, 2.24) is 5.32 Å². The minimum absolute atomic E-state index is 0.0334. The van der Waals surface area contributed by atoms with Gasteiger partial charge in [-0.25, -0.2) is 0 Å². The zero-order valence-electron chi connectivity index (χ0n) is 12.0. The fourth-order valence-electron chi connectivity index (χ4n) is 2.46. The molecule has 0 spiro atoms. The van der Waals surface area contributed by atoms with Crippen LogP contribution in [-0.4, -0.2) is 28.9 Å². The van der Waals surface area contributed by atoms with Crippen LogP contribution in [0.3, 0.4) is 0 Å². The third-order valence-electron chi connectivity index (χ3n) is 3.73. The van der Waals surface area contributed by atoms with Crippen molar-refractivity contribution in [3.05, 3.63) is 35.4 Å². The molecule has 4 nitrogen and oxygen atoms in total. The molecular weight excluding hydrogens is 284 g/mol. The van der Waals surface area contributed by atoms with Crippen LogP contribution < -0.4 is 5.32 Å². The predicted molar refractivity (Wildman–Crippen MR) is 83.7 cm³/mol. The van der Waals surface area contributed by atoms with Gasteiger partial charge in [0, 0.05) is 12.3 Å². The molecule has 112 valence electrons. The molecule has 0 heterocycles. The van der Waals surface area contributed by atoms with E-state index in [4.69, 9.17) is 5.26 Å². The monoisotopic (exact) mass is 304 g/mol. The summed E-state index contributed by atoms with van der Waals surface area (Å²) in [7, 11) is 0. The quantitative estimate of drug-likeness (QED) is 0.845. The number of carbonyl (C=O) groups is 1. The van der Waals surface area contributed by atoms with Gasteiger partial charge in [0.05, 0.1) is 23.0 Å². The molecule has 1 amide bonds. The molecule has 0 aromatic heterocycles. The number of hydrogen-bond acceptors (Lipinski definition) is 4. The number of thioether (sulfide) groups is 1. The number of benzene rings is 1.